The van der Waals surface area contributed by atoms with Crippen LogP contribution < -0.4 is 5.32 Å². The van der Waals surface area contributed by atoms with Crippen LogP contribution in [0.3, 0.4) is 0 Å². The van der Waals surface area contributed by atoms with Crippen LogP contribution in [0.1, 0.15) is 17.2 Å². The molecule has 0 aromatic heterocycles. The Labute approximate surface area is 110 Å². The van der Waals surface area contributed by atoms with Crippen LogP contribution in [-0.4, -0.2) is 12.2 Å². The third kappa shape index (κ3) is 3.51. The predicted octanol–water partition coefficient (Wildman–Crippen LogP) is 3.17. The van der Waals surface area contributed by atoms with Gasteiger partial charge >= 0.3 is 0 Å². The third-order valence-electron chi connectivity index (χ3n) is 2.99. The number of hydrogen-bond acceptors (Lipinski definition) is 2. The van der Waals surface area contributed by atoms with E-state index in [9.17, 15) is 13.9 Å². The molecule has 0 saturated carbocycles. The quantitative estimate of drug-likeness (QED) is 0.888. The molecule has 2 aromatic rings. The fourth-order valence-corrected chi connectivity index (χ4v) is 2.08. The Bertz CT molecular complexity index is 552. The van der Waals surface area contributed by atoms with E-state index in [0.29, 0.717) is 12.0 Å². The summed E-state index contributed by atoms with van der Waals surface area (Å²) < 4.78 is 26.4. The molecule has 0 aliphatic heterocycles. The lowest BCUT2D eigenvalue weighted by molar-refractivity contribution is 0.473. The molecule has 0 spiro atoms. The summed E-state index contributed by atoms with van der Waals surface area (Å²) >= 11 is 0. The van der Waals surface area contributed by atoms with Crippen molar-refractivity contribution in [1.82, 2.24) is 5.32 Å². The smallest absolute Gasteiger partial charge is 0.126 e. The van der Waals surface area contributed by atoms with Gasteiger partial charge in [-0.2, -0.15) is 0 Å². The van der Waals surface area contributed by atoms with Crippen LogP contribution in [0, 0.1) is 11.6 Å². The van der Waals surface area contributed by atoms with E-state index in [2.05, 4.69) is 5.32 Å². The van der Waals surface area contributed by atoms with Gasteiger partial charge in [0.1, 0.15) is 17.4 Å². The normalized spacial score (nSPS) is 12.4. The van der Waals surface area contributed by atoms with Crippen LogP contribution in [0.4, 0.5) is 8.78 Å². The second kappa shape index (κ2) is 5.80. The first-order valence-corrected chi connectivity index (χ1v) is 5.99. The van der Waals surface area contributed by atoms with E-state index in [1.165, 1.54) is 12.1 Å². The van der Waals surface area contributed by atoms with Crippen molar-refractivity contribution in [3.8, 4) is 5.75 Å². The van der Waals surface area contributed by atoms with Gasteiger partial charge in [0.05, 0.1) is 0 Å². The van der Waals surface area contributed by atoms with Crippen LogP contribution in [0.15, 0.2) is 42.5 Å². The zero-order chi connectivity index (χ0) is 13.8. The van der Waals surface area contributed by atoms with Gasteiger partial charge in [0.25, 0.3) is 0 Å². The van der Waals surface area contributed by atoms with Crippen LogP contribution in [0.25, 0.3) is 0 Å². The molecule has 0 bridgehead atoms. The molecular weight excluding hydrogens is 248 g/mol. The van der Waals surface area contributed by atoms with E-state index in [1.54, 1.807) is 25.2 Å². The van der Waals surface area contributed by atoms with Gasteiger partial charge < -0.3 is 10.4 Å². The Kier molecular flexibility index (Phi) is 4.12. The fourth-order valence-electron chi connectivity index (χ4n) is 2.08. The molecule has 4 heteroatoms. The van der Waals surface area contributed by atoms with E-state index in [4.69, 9.17) is 0 Å². The van der Waals surface area contributed by atoms with Crippen molar-refractivity contribution in [3.05, 3.63) is 65.2 Å². The van der Waals surface area contributed by atoms with Gasteiger partial charge in [-0.25, -0.2) is 8.78 Å². The Hall–Kier alpha value is -1.94. The minimum atomic E-state index is -0.592. The maximum atomic E-state index is 13.2. The lowest BCUT2D eigenvalue weighted by Gasteiger charge is -2.17. The molecule has 100 valence electrons. The number of benzene rings is 2. The molecule has 2 N–H and O–H groups in total. The summed E-state index contributed by atoms with van der Waals surface area (Å²) in [5.41, 5.74) is 1.44. The van der Waals surface area contributed by atoms with E-state index >= 15 is 0 Å². The van der Waals surface area contributed by atoms with Crippen molar-refractivity contribution in [2.75, 3.05) is 7.05 Å². The number of hydrogen-bond donors (Lipinski definition) is 2. The molecule has 0 amide bonds. The lowest BCUT2D eigenvalue weighted by Crippen LogP contribution is -2.19. The van der Waals surface area contributed by atoms with Gasteiger partial charge in [-0.1, -0.05) is 12.1 Å². The summed E-state index contributed by atoms with van der Waals surface area (Å²) in [5, 5.41) is 12.4. The van der Waals surface area contributed by atoms with Gasteiger partial charge in [0.2, 0.25) is 0 Å². The van der Waals surface area contributed by atoms with Gasteiger partial charge in [0.15, 0.2) is 0 Å². The molecule has 19 heavy (non-hydrogen) atoms. The summed E-state index contributed by atoms with van der Waals surface area (Å²) in [4.78, 5) is 0. The van der Waals surface area contributed by atoms with Crippen LogP contribution in [0.5, 0.6) is 5.75 Å². The highest BCUT2D eigenvalue weighted by atomic mass is 19.1. The number of halogens is 2. The minimum absolute atomic E-state index is 0.178. The Morgan fingerprint density at radius 2 is 1.79 bits per heavy atom. The summed E-state index contributed by atoms with van der Waals surface area (Å²) in [7, 11) is 1.73. The third-order valence-corrected chi connectivity index (χ3v) is 2.99. The molecule has 0 radical (unpaired) electrons. The molecular formula is C15H15F2NO. The molecule has 0 aliphatic rings. The number of rotatable bonds is 4. The zero-order valence-corrected chi connectivity index (χ0v) is 10.5. The summed E-state index contributed by atoms with van der Waals surface area (Å²) in [6.07, 6.45) is 0.536. The number of likely N-dealkylation sites (N-methyl/N-ethyl adjacent to an activating group) is 1. The molecule has 1 unspecified atom stereocenters. The molecule has 0 heterocycles. The number of aromatic hydroxyl groups is 1. The van der Waals surface area contributed by atoms with Gasteiger partial charge in [-0.3, -0.25) is 0 Å². The topological polar surface area (TPSA) is 32.3 Å². The SMILES string of the molecule is CNC(Cc1cccc(O)c1)c1cc(F)cc(F)c1. The second-order valence-electron chi connectivity index (χ2n) is 4.42. The monoisotopic (exact) mass is 263 g/mol. The van der Waals surface area contributed by atoms with Crippen molar-refractivity contribution < 1.29 is 13.9 Å². The average Bonchev–Trinajstić information content (AvgIpc) is 2.34. The predicted molar refractivity (Wildman–Crippen MR) is 70.0 cm³/mol. The first kappa shape index (κ1) is 13.5. The van der Waals surface area contributed by atoms with Crippen LogP contribution >= 0.6 is 0 Å². The molecule has 0 aliphatic carbocycles. The maximum absolute atomic E-state index is 13.2. The number of phenolic OH excluding ortho intramolecular Hbond substituents is 1. The highest BCUT2D eigenvalue weighted by Crippen LogP contribution is 2.22. The molecule has 0 fully saturated rings. The van der Waals surface area contributed by atoms with Crippen molar-refractivity contribution in [2.24, 2.45) is 0 Å². The highest BCUT2D eigenvalue weighted by molar-refractivity contribution is 5.30. The number of nitrogens with one attached hydrogen (secondary N) is 1. The van der Waals surface area contributed by atoms with Crippen molar-refractivity contribution in [2.45, 2.75) is 12.5 Å². The average molecular weight is 263 g/mol. The van der Waals surface area contributed by atoms with Crippen molar-refractivity contribution in [1.29, 1.82) is 0 Å². The van der Waals surface area contributed by atoms with Gasteiger partial charge in [-0.05, 0) is 48.9 Å². The lowest BCUT2D eigenvalue weighted by atomic mass is 9.98. The minimum Gasteiger partial charge on any atom is -0.508 e. The molecule has 2 nitrogen and oxygen atoms in total. The maximum Gasteiger partial charge on any atom is 0.126 e. The molecule has 0 saturated heterocycles. The largest absolute Gasteiger partial charge is 0.508 e. The van der Waals surface area contributed by atoms with Gasteiger partial charge in [0, 0.05) is 12.1 Å². The van der Waals surface area contributed by atoms with Crippen molar-refractivity contribution in [3.63, 3.8) is 0 Å². The molecule has 1 atom stereocenters. The fraction of sp³-hybridized carbons (Fsp3) is 0.200. The summed E-state index contributed by atoms with van der Waals surface area (Å²) in [6.45, 7) is 0. The van der Waals surface area contributed by atoms with E-state index in [-0.39, 0.29) is 11.8 Å². The summed E-state index contributed by atoms with van der Waals surface area (Å²) in [5.74, 6) is -1.00. The first-order chi connectivity index (χ1) is 9.08. The zero-order valence-electron chi connectivity index (χ0n) is 10.5. The standard InChI is InChI=1S/C15H15F2NO/c1-18-15(6-10-3-2-4-14(19)5-10)11-7-12(16)9-13(17)8-11/h2-5,7-9,15,18-19H,6H2,1H3. The molecule has 2 rings (SSSR count). The number of phenols is 1. The summed E-state index contributed by atoms with van der Waals surface area (Å²) in [6, 6.07) is 10.1. The van der Waals surface area contributed by atoms with E-state index in [1.807, 2.05) is 6.07 Å². The van der Waals surface area contributed by atoms with Crippen LogP contribution in [-0.2, 0) is 6.42 Å². The van der Waals surface area contributed by atoms with Gasteiger partial charge in [-0.15, -0.1) is 0 Å². The van der Waals surface area contributed by atoms with Crippen LogP contribution in [0.2, 0.25) is 0 Å². The van der Waals surface area contributed by atoms with E-state index in [0.717, 1.165) is 11.6 Å². The Morgan fingerprint density at radius 3 is 2.37 bits per heavy atom. The highest BCUT2D eigenvalue weighted by Gasteiger charge is 2.12. The Morgan fingerprint density at radius 1 is 1.11 bits per heavy atom. The van der Waals surface area contributed by atoms with E-state index < -0.39 is 11.6 Å². The first-order valence-electron chi connectivity index (χ1n) is 5.99. The second-order valence-corrected chi connectivity index (χ2v) is 4.42. The Balaban J connectivity index is 2.24. The molecule has 2 aromatic carbocycles. The van der Waals surface area contributed by atoms with Crippen molar-refractivity contribution >= 4 is 0 Å².